The van der Waals surface area contributed by atoms with Crippen molar-refractivity contribution in [2.45, 2.75) is 0 Å². The molecule has 5 heteroatoms. The van der Waals surface area contributed by atoms with Gasteiger partial charge in [0.2, 0.25) is 0 Å². The van der Waals surface area contributed by atoms with Crippen molar-refractivity contribution in [2.24, 2.45) is 0 Å². The Morgan fingerprint density at radius 1 is 1.27 bits per heavy atom. The molecule has 1 fully saturated rings. The van der Waals surface area contributed by atoms with E-state index in [9.17, 15) is 8.60 Å². The molecular weight excluding hydrogens is 215 g/mol. The maximum atomic E-state index is 13.1. The van der Waals surface area contributed by atoms with Gasteiger partial charge in [0.05, 0.1) is 0 Å². The number of anilines is 2. The van der Waals surface area contributed by atoms with Crippen molar-refractivity contribution in [3.63, 3.8) is 0 Å². The van der Waals surface area contributed by atoms with Crippen LogP contribution >= 0.6 is 0 Å². The SMILES string of the molecule is Nc1cc(F)cc(N2CCS(=O)CC2)c1. The smallest absolute Gasteiger partial charge is 0.127 e. The first kappa shape index (κ1) is 10.4. The highest BCUT2D eigenvalue weighted by molar-refractivity contribution is 7.85. The van der Waals surface area contributed by atoms with Crippen LogP contribution in [0.4, 0.5) is 15.8 Å². The van der Waals surface area contributed by atoms with Crippen LogP contribution in [0.5, 0.6) is 0 Å². The minimum absolute atomic E-state index is 0.323. The van der Waals surface area contributed by atoms with E-state index in [1.165, 1.54) is 12.1 Å². The molecule has 0 amide bonds. The van der Waals surface area contributed by atoms with Gasteiger partial charge in [-0.3, -0.25) is 4.21 Å². The van der Waals surface area contributed by atoms with Crippen LogP contribution in [0.15, 0.2) is 18.2 Å². The summed E-state index contributed by atoms with van der Waals surface area (Å²) in [6.45, 7) is 1.41. The monoisotopic (exact) mass is 228 g/mol. The molecule has 0 aliphatic carbocycles. The topological polar surface area (TPSA) is 46.3 Å². The zero-order chi connectivity index (χ0) is 10.8. The van der Waals surface area contributed by atoms with E-state index in [1.807, 2.05) is 4.90 Å². The third-order valence-electron chi connectivity index (χ3n) is 2.45. The summed E-state index contributed by atoms with van der Waals surface area (Å²) in [5.74, 6) is 0.976. The number of hydrogen-bond donors (Lipinski definition) is 1. The van der Waals surface area contributed by atoms with Gasteiger partial charge in [0.25, 0.3) is 0 Å². The van der Waals surface area contributed by atoms with Crippen LogP contribution < -0.4 is 10.6 Å². The van der Waals surface area contributed by atoms with E-state index >= 15 is 0 Å². The Bertz CT molecular complexity index is 367. The Balaban J connectivity index is 2.18. The molecule has 0 spiro atoms. The zero-order valence-electron chi connectivity index (χ0n) is 8.28. The van der Waals surface area contributed by atoms with Crippen molar-refractivity contribution in [1.29, 1.82) is 0 Å². The first-order chi connectivity index (χ1) is 7.15. The van der Waals surface area contributed by atoms with E-state index < -0.39 is 10.8 Å². The largest absolute Gasteiger partial charge is 0.399 e. The van der Waals surface area contributed by atoms with Crippen molar-refractivity contribution in [2.75, 3.05) is 35.2 Å². The lowest BCUT2D eigenvalue weighted by molar-refractivity contribution is 0.627. The summed E-state index contributed by atoms with van der Waals surface area (Å²) < 4.78 is 24.3. The molecule has 0 unspecified atom stereocenters. The van der Waals surface area contributed by atoms with E-state index in [4.69, 9.17) is 5.73 Å². The maximum absolute atomic E-state index is 13.1. The molecule has 1 aliphatic rings. The van der Waals surface area contributed by atoms with Crippen molar-refractivity contribution in [1.82, 2.24) is 0 Å². The van der Waals surface area contributed by atoms with Crippen LogP contribution in [-0.2, 0) is 10.8 Å². The van der Waals surface area contributed by atoms with E-state index in [0.29, 0.717) is 30.3 Å². The van der Waals surface area contributed by atoms with Crippen LogP contribution in [0.1, 0.15) is 0 Å². The molecule has 2 N–H and O–H groups in total. The molecule has 0 bridgehead atoms. The fourth-order valence-corrected chi connectivity index (χ4v) is 2.73. The van der Waals surface area contributed by atoms with Crippen LogP contribution in [0.3, 0.4) is 0 Å². The summed E-state index contributed by atoms with van der Waals surface area (Å²) in [5.41, 5.74) is 6.78. The number of hydrogen-bond acceptors (Lipinski definition) is 3. The van der Waals surface area contributed by atoms with Gasteiger partial charge in [-0.25, -0.2) is 4.39 Å². The summed E-state index contributed by atoms with van der Waals surface area (Å²) in [6, 6.07) is 4.51. The highest BCUT2D eigenvalue weighted by Gasteiger charge is 2.16. The molecule has 2 rings (SSSR count). The lowest BCUT2D eigenvalue weighted by Gasteiger charge is -2.28. The van der Waals surface area contributed by atoms with Crippen molar-refractivity contribution in [3.8, 4) is 0 Å². The first-order valence-corrected chi connectivity index (χ1v) is 6.30. The van der Waals surface area contributed by atoms with Crippen molar-refractivity contribution < 1.29 is 8.60 Å². The van der Waals surface area contributed by atoms with Gasteiger partial charge in [-0.1, -0.05) is 0 Å². The van der Waals surface area contributed by atoms with Gasteiger partial charge >= 0.3 is 0 Å². The number of nitrogens with zero attached hydrogens (tertiary/aromatic N) is 1. The molecule has 1 aliphatic heterocycles. The molecule has 82 valence electrons. The van der Waals surface area contributed by atoms with E-state index in [-0.39, 0.29) is 5.82 Å². The Hall–Kier alpha value is -1.10. The van der Waals surface area contributed by atoms with Crippen molar-refractivity contribution in [3.05, 3.63) is 24.0 Å². The molecule has 0 saturated carbocycles. The van der Waals surface area contributed by atoms with Gasteiger partial charge in [-0.15, -0.1) is 0 Å². The Morgan fingerprint density at radius 3 is 2.53 bits per heavy atom. The van der Waals surface area contributed by atoms with E-state index in [0.717, 1.165) is 5.69 Å². The fraction of sp³-hybridized carbons (Fsp3) is 0.400. The van der Waals surface area contributed by atoms with Crippen LogP contribution in [0.2, 0.25) is 0 Å². The highest BCUT2D eigenvalue weighted by Crippen LogP contribution is 2.21. The molecule has 0 aromatic heterocycles. The van der Waals surface area contributed by atoms with Gasteiger partial charge < -0.3 is 10.6 Å². The Kier molecular flexibility index (Phi) is 2.90. The maximum Gasteiger partial charge on any atom is 0.127 e. The average Bonchev–Trinajstić information content (AvgIpc) is 2.17. The second-order valence-electron chi connectivity index (χ2n) is 3.58. The molecule has 1 aromatic carbocycles. The van der Waals surface area contributed by atoms with Gasteiger partial charge in [0, 0.05) is 46.8 Å². The number of benzene rings is 1. The van der Waals surface area contributed by atoms with Crippen LogP contribution in [0, 0.1) is 5.82 Å². The minimum atomic E-state index is -0.712. The number of halogens is 1. The molecule has 0 atom stereocenters. The number of nitrogens with two attached hydrogens (primary N) is 1. The number of rotatable bonds is 1. The van der Waals surface area contributed by atoms with E-state index in [2.05, 4.69) is 0 Å². The summed E-state index contributed by atoms with van der Waals surface area (Å²) in [7, 11) is -0.712. The molecule has 15 heavy (non-hydrogen) atoms. The van der Waals surface area contributed by atoms with E-state index in [1.54, 1.807) is 6.07 Å². The average molecular weight is 228 g/mol. The highest BCUT2D eigenvalue weighted by atomic mass is 32.2. The molecule has 1 saturated heterocycles. The molecule has 1 heterocycles. The summed E-state index contributed by atoms with van der Waals surface area (Å²) >= 11 is 0. The molecule has 1 aromatic rings. The van der Waals surface area contributed by atoms with Gasteiger partial charge in [-0.2, -0.15) is 0 Å². The molecular formula is C10H13FN2OS. The fourth-order valence-electron chi connectivity index (χ4n) is 1.67. The Morgan fingerprint density at radius 2 is 1.93 bits per heavy atom. The molecule has 0 radical (unpaired) electrons. The lowest BCUT2D eigenvalue weighted by atomic mass is 10.2. The number of nitrogen functional groups attached to an aromatic ring is 1. The quantitative estimate of drug-likeness (QED) is 0.729. The second kappa shape index (κ2) is 4.18. The van der Waals surface area contributed by atoms with Crippen LogP contribution in [0.25, 0.3) is 0 Å². The first-order valence-electron chi connectivity index (χ1n) is 4.81. The van der Waals surface area contributed by atoms with Crippen LogP contribution in [-0.4, -0.2) is 28.8 Å². The van der Waals surface area contributed by atoms with Gasteiger partial charge in [0.15, 0.2) is 0 Å². The third kappa shape index (κ3) is 2.47. The lowest BCUT2D eigenvalue weighted by Crippen LogP contribution is -2.37. The minimum Gasteiger partial charge on any atom is -0.399 e. The standard InChI is InChI=1S/C10H13FN2OS/c11-8-5-9(12)7-10(6-8)13-1-3-15(14)4-2-13/h5-7H,1-4,12H2. The molecule has 3 nitrogen and oxygen atoms in total. The van der Waals surface area contributed by atoms with Gasteiger partial charge in [-0.05, 0) is 18.2 Å². The summed E-state index contributed by atoms with van der Waals surface area (Å²) in [4.78, 5) is 2.01. The Labute approximate surface area is 90.5 Å². The second-order valence-corrected chi connectivity index (χ2v) is 5.27. The summed E-state index contributed by atoms with van der Waals surface area (Å²) in [6.07, 6.45) is 0. The summed E-state index contributed by atoms with van der Waals surface area (Å²) in [5, 5.41) is 0. The van der Waals surface area contributed by atoms with Crippen molar-refractivity contribution >= 4 is 22.2 Å². The predicted molar refractivity (Wildman–Crippen MR) is 60.9 cm³/mol. The predicted octanol–water partition coefficient (Wildman–Crippen LogP) is 0.977. The van der Waals surface area contributed by atoms with Gasteiger partial charge in [0.1, 0.15) is 5.82 Å². The third-order valence-corrected chi connectivity index (χ3v) is 3.72. The normalized spacial score (nSPS) is 18.1. The zero-order valence-corrected chi connectivity index (χ0v) is 9.10.